The number of ether oxygens (including phenoxy) is 1. The van der Waals surface area contributed by atoms with Crippen molar-refractivity contribution in [1.29, 1.82) is 0 Å². The number of fused-ring (bicyclic) bond motifs is 5. The lowest BCUT2D eigenvalue weighted by atomic mass is 9.48. The van der Waals surface area contributed by atoms with Crippen molar-refractivity contribution in [3.63, 3.8) is 0 Å². The summed E-state index contributed by atoms with van der Waals surface area (Å²) in [5.74, 6) is 3.80. The molecule has 22 heavy (non-hydrogen) atoms. The van der Waals surface area contributed by atoms with E-state index >= 15 is 0 Å². The fourth-order valence-electron chi connectivity index (χ4n) is 7.27. The van der Waals surface area contributed by atoms with E-state index in [4.69, 9.17) is 4.74 Å². The Morgan fingerprint density at radius 3 is 2.55 bits per heavy atom. The first-order valence-electron chi connectivity index (χ1n) is 9.75. The molecule has 0 bridgehead atoms. The molecule has 0 aromatic rings. The maximum atomic E-state index is 11.7. The van der Waals surface area contributed by atoms with Gasteiger partial charge in [0.25, 0.3) is 0 Å². The van der Waals surface area contributed by atoms with Crippen LogP contribution in [0.3, 0.4) is 0 Å². The van der Waals surface area contributed by atoms with Gasteiger partial charge in [-0.05, 0) is 92.8 Å². The minimum Gasteiger partial charge on any atom is -0.389 e. The van der Waals surface area contributed by atoms with Crippen LogP contribution >= 0.6 is 0 Å². The van der Waals surface area contributed by atoms with E-state index in [1.807, 2.05) is 7.11 Å². The lowest BCUT2D eigenvalue weighted by Gasteiger charge is -2.59. The first-order valence-corrected chi connectivity index (χ1v) is 9.75. The molecule has 4 aliphatic rings. The van der Waals surface area contributed by atoms with Crippen LogP contribution in [0.25, 0.3) is 0 Å². The zero-order chi connectivity index (χ0) is 15.5. The van der Waals surface area contributed by atoms with Crippen LogP contribution in [0.15, 0.2) is 0 Å². The Hall–Kier alpha value is -0.0800. The molecule has 0 amide bonds. The number of hydrogen-bond donors (Lipinski definition) is 1. The topological polar surface area (TPSA) is 29.5 Å². The van der Waals surface area contributed by atoms with Crippen molar-refractivity contribution in [2.45, 2.75) is 83.3 Å². The Morgan fingerprint density at radius 1 is 0.955 bits per heavy atom. The van der Waals surface area contributed by atoms with E-state index in [2.05, 4.69) is 13.8 Å². The minimum absolute atomic E-state index is 0.185. The summed E-state index contributed by atoms with van der Waals surface area (Å²) in [5, 5.41) is 11.7. The predicted molar refractivity (Wildman–Crippen MR) is 88.5 cm³/mol. The summed E-state index contributed by atoms with van der Waals surface area (Å²) in [6, 6.07) is 0. The van der Waals surface area contributed by atoms with Gasteiger partial charge in [0.05, 0.1) is 11.7 Å². The summed E-state index contributed by atoms with van der Waals surface area (Å²) < 4.78 is 5.65. The van der Waals surface area contributed by atoms with Crippen LogP contribution in [0, 0.1) is 35.0 Å². The van der Waals surface area contributed by atoms with E-state index in [1.54, 1.807) is 0 Å². The molecule has 0 aromatic heterocycles. The molecule has 0 heterocycles. The highest BCUT2D eigenvalue weighted by Gasteiger charge is 2.64. The van der Waals surface area contributed by atoms with Crippen molar-refractivity contribution >= 4 is 0 Å². The Morgan fingerprint density at radius 2 is 1.77 bits per heavy atom. The van der Waals surface area contributed by atoms with Crippen molar-refractivity contribution in [3.8, 4) is 0 Å². The molecular weight excluding hydrogens is 272 g/mol. The van der Waals surface area contributed by atoms with Gasteiger partial charge in [-0.15, -0.1) is 0 Å². The molecule has 2 nitrogen and oxygen atoms in total. The largest absolute Gasteiger partial charge is 0.389 e. The van der Waals surface area contributed by atoms with Gasteiger partial charge in [0.2, 0.25) is 0 Å². The summed E-state index contributed by atoms with van der Waals surface area (Å²) >= 11 is 0. The van der Waals surface area contributed by atoms with Crippen molar-refractivity contribution in [2.75, 3.05) is 7.11 Å². The minimum atomic E-state index is -0.363. The first kappa shape index (κ1) is 15.4. The van der Waals surface area contributed by atoms with Crippen LogP contribution < -0.4 is 0 Å². The summed E-state index contributed by atoms with van der Waals surface area (Å²) in [7, 11) is 1.88. The zero-order valence-electron chi connectivity index (χ0n) is 14.7. The van der Waals surface area contributed by atoms with Gasteiger partial charge in [-0.1, -0.05) is 13.8 Å². The average Bonchev–Trinajstić information content (AvgIpc) is 2.78. The molecule has 0 spiro atoms. The third-order valence-electron chi connectivity index (χ3n) is 8.89. The van der Waals surface area contributed by atoms with Crippen LogP contribution in [0.4, 0.5) is 0 Å². The van der Waals surface area contributed by atoms with Gasteiger partial charge in [0, 0.05) is 7.11 Å². The van der Waals surface area contributed by atoms with E-state index in [-0.39, 0.29) is 11.0 Å². The van der Waals surface area contributed by atoms with E-state index < -0.39 is 0 Å². The molecule has 4 fully saturated rings. The van der Waals surface area contributed by atoms with Crippen LogP contribution in [-0.4, -0.2) is 23.9 Å². The Labute approximate surface area is 136 Å². The molecule has 126 valence electrons. The molecular formula is C20H34O2. The third kappa shape index (κ3) is 1.92. The van der Waals surface area contributed by atoms with Crippen LogP contribution in [-0.2, 0) is 4.74 Å². The monoisotopic (exact) mass is 306 g/mol. The van der Waals surface area contributed by atoms with Crippen LogP contribution in [0.1, 0.15) is 71.6 Å². The molecule has 8 atom stereocenters. The van der Waals surface area contributed by atoms with Crippen LogP contribution in [0.5, 0.6) is 0 Å². The first-order chi connectivity index (χ1) is 10.5. The fraction of sp³-hybridized carbons (Fsp3) is 1.00. The maximum absolute atomic E-state index is 11.7. The second kappa shape index (κ2) is 5.21. The van der Waals surface area contributed by atoms with Gasteiger partial charge >= 0.3 is 0 Å². The van der Waals surface area contributed by atoms with E-state index in [1.165, 1.54) is 51.4 Å². The Kier molecular flexibility index (Phi) is 3.66. The predicted octanol–water partition coefficient (Wildman–Crippen LogP) is 4.41. The lowest BCUT2D eigenvalue weighted by molar-refractivity contribution is -0.188. The van der Waals surface area contributed by atoms with E-state index in [9.17, 15) is 5.11 Å². The van der Waals surface area contributed by atoms with Crippen molar-refractivity contribution in [2.24, 2.45) is 35.0 Å². The summed E-state index contributed by atoms with van der Waals surface area (Å²) in [6.07, 6.45) is 11.9. The van der Waals surface area contributed by atoms with Gasteiger partial charge in [-0.3, -0.25) is 0 Å². The van der Waals surface area contributed by atoms with Crippen molar-refractivity contribution < 1.29 is 9.84 Å². The molecule has 4 rings (SSSR count). The average molecular weight is 306 g/mol. The van der Waals surface area contributed by atoms with Gasteiger partial charge in [-0.25, -0.2) is 0 Å². The third-order valence-corrected chi connectivity index (χ3v) is 8.89. The van der Waals surface area contributed by atoms with Crippen molar-refractivity contribution in [3.05, 3.63) is 0 Å². The fourth-order valence-corrected chi connectivity index (χ4v) is 7.27. The highest BCUT2D eigenvalue weighted by atomic mass is 16.5. The second-order valence-corrected chi connectivity index (χ2v) is 9.26. The van der Waals surface area contributed by atoms with E-state index in [0.29, 0.717) is 17.9 Å². The molecule has 0 aliphatic heterocycles. The molecule has 2 heteroatoms. The molecule has 4 saturated carbocycles. The SMILES string of the molecule is COC1CCC2C(CCC3C2CCC2(C)C(C)CCC32O)C1. The Bertz CT molecular complexity index is 435. The van der Waals surface area contributed by atoms with Crippen molar-refractivity contribution in [1.82, 2.24) is 0 Å². The highest BCUT2D eigenvalue weighted by Crippen LogP contribution is 2.66. The quantitative estimate of drug-likeness (QED) is 0.778. The van der Waals surface area contributed by atoms with Gasteiger partial charge < -0.3 is 9.84 Å². The number of rotatable bonds is 1. The summed E-state index contributed by atoms with van der Waals surface area (Å²) in [6.45, 7) is 4.78. The molecule has 0 aromatic carbocycles. The normalized spacial score (nSPS) is 57.8. The Balaban J connectivity index is 1.58. The maximum Gasteiger partial charge on any atom is 0.0734 e. The zero-order valence-corrected chi connectivity index (χ0v) is 14.7. The second-order valence-electron chi connectivity index (χ2n) is 9.26. The highest BCUT2D eigenvalue weighted by molar-refractivity contribution is 5.14. The number of methoxy groups -OCH3 is 1. The molecule has 4 aliphatic carbocycles. The van der Waals surface area contributed by atoms with Gasteiger partial charge in [0.1, 0.15) is 0 Å². The molecule has 8 unspecified atom stereocenters. The summed E-state index contributed by atoms with van der Waals surface area (Å²) in [5.41, 5.74) is -0.177. The molecule has 0 saturated heterocycles. The smallest absolute Gasteiger partial charge is 0.0734 e. The van der Waals surface area contributed by atoms with Gasteiger partial charge in [0.15, 0.2) is 0 Å². The molecule has 0 radical (unpaired) electrons. The number of aliphatic hydroxyl groups is 1. The van der Waals surface area contributed by atoms with Gasteiger partial charge in [-0.2, -0.15) is 0 Å². The standard InChI is InChI=1S/C20H34O2/c1-13-8-11-20(21)18-7-4-14-12-15(22-3)5-6-16(14)17(18)9-10-19(13,20)2/h13-18,21H,4-12H2,1-3H3. The number of hydrogen-bond acceptors (Lipinski definition) is 2. The van der Waals surface area contributed by atoms with E-state index in [0.717, 1.165) is 24.2 Å². The van der Waals surface area contributed by atoms with Crippen LogP contribution in [0.2, 0.25) is 0 Å². The lowest BCUT2D eigenvalue weighted by Crippen LogP contribution is -2.59. The molecule has 1 N–H and O–H groups in total. The summed E-state index contributed by atoms with van der Waals surface area (Å²) in [4.78, 5) is 0.